The van der Waals surface area contributed by atoms with Crippen molar-refractivity contribution < 1.29 is 12.8 Å². The molecule has 0 bridgehead atoms. The van der Waals surface area contributed by atoms with Crippen LogP contribution < -0.4 is 5.32 Å². The molecule has 0 aliphatic heterocycles. The molecule has 0 aliphatic rings. The Morgan fingerprint density at radius 1 is 1.39 bits per heavy atom. The summed E-state index contributed by atoms with van der Waals surface area (Å²) in [6, 6.07) is 3.19. The van der Waals surface area contributed by atoms with E-state index in [1.54, 1.807) is 6.07 Å². The molecular weight excluding hydrogens is 252 g/mol. The van der Waals surface area contributed by atoms with E-state index in [0.29, 0.717) is 18.2 Å². The molecule has 0 fully saturated rings. The summed E-state index contributed by atoms with van der Waals surface area (Å²) < 4.78 is 30.0. The summed E-state index contributed by atoms with van der Waals surface area (Å²) in [5.41, 5.74) is 0. The molecule has 1 N–H and O–H groups in total. The quantitative estimate of drug-likeness (QED) is 0.821. The highest BCUT2D eigenvalue weighted by Gasteiger charge is 2.21. The summed E-state index contributed by atoms with van der Waals surface area (Å²) in [5.74, 6) is 1.24. The monoisotopic (exact) mass is 274 g/mol. The third-order valence-corrected chi connectivity index (χ3v) is 4.55. The van der Waals surface area contributed by atoms with Crippen LogP contribution in [0.5, 0.6) is 0 Å². The zero-order valence-electron chi connectivity index (χ0n) is 11.4. The van der Waals surface area contributed by atoms with E-state index in [0.717, 1.165) is 17.3 Å². The standard InChI is InChI=1S/C12H22N2O3S/c1-5-10(2)8-13-9-11-6-7-12(17-11)18(15,16)14(3)4/h6-7,10,13H,5,8-9H2,1-4H3. The van der Waals surface area contributed by atoms with E-state index in [9.17, 15) is 8.42 Å². The molecule has 1 aromatic heterocycles. The van der Waals surface area contributed by atoms with Crippen LogP contribution in [0.3, 0.4) is 0 Å². The Morgan fingerprint density at radius 2 is 2.06 bits per heavy atom. The van der Waals surface area contributed by atoms with Crippen molar-refractivity contribution in [2.75, 3.05) is 20.6 Å². The van der Waals surface area contributed by atoms with Gasteiger partial charge in [-0.25, -0.2) is 12.7 Å². The molecule has 1 heterocycles. The highest BCUT2D eigenvalue weighted by atomic mass is 32.2. The van der Waals surface area contributed by atoms with Crippen molar-refractivity contribution in [3.63, 3.8) is 0 Å². The van der Waals surface area contributed by atoms with Gasteiger partial charge in [0.05, 0.1) is 6.54 Å². The van der Waals surface area contributed by atoms with Crippen molar-refractivity contribution in [1.82, 2.24) is 9.62 Å². The highest BCUT2D eigenvalue weighted by molar-refractivity contribution is 7.88. The largest absolute Gasteiger partial charge is 0.447 e. The maximum Gasteiger partial charge on any atom is 0.275 e. The zero-order valence-corrected chi connectivity index (χ0v) is 12.3. The summed E-state index contributed by atoms with van der Waals surface area (Å²) in [5, 5.41) is 3.24. The first-order chi connectivity index (χ1) is 8.37. The Balaban J connectivity index is 2.59. The number of sulfonamides is 1. The summed E-state index contributed by atoms with van der Waals surface area (Å²) in [6.45, 7) is 5.75. The minimum absolute atomic E-state index is 0.00663. The number of rotatable bonds is 7. The van der Waals surface area contributed by atoms with Crippen LogP contribution in [0.15, 0.2) is 21.6 Å². The van der Waals surface area contributed by atoms with E-state index in [4.69, 9.17) is 4.42 Å². The maximum absolute atomic E-state index is 11.8. The van der Waals surface area contributed by atoms with Crippen LogP contribution in [0.4, 0.5) is 0 Å². The second kappa shape index (κ2) is 6.36. The fraction of sp³-hybridized carbons (Fsp3) is 0.667. The molecule has 1 atom stereocenters. The van der Waals surface area contributed by atoms with E-state index in [2.05, 4.69) is 19.2 Å². The fourth-order valence-electron chi connectivity index (χ4n) is 1.36. The second-order valence-corrected chi connectivity index (χ2v) is 6.74. The predicted octanol–water partition coefficient (Wildman–Crippen LogP) is 1.67. The lowest BCUT2D eigenvalue weighted by Crippen LogP contribution is -2.22. The minimum Gasteiger partial charge on any atom is -0.447 e. The highest BCUT2D eigenvalue weighted by Crippen LogP contribution is 2.16. The molecule has 0 amide bonds. The Hall–Kier alpha value is -0.850. The molecule has 1 rings (SSSR count). The summed E-state index contributed by atoms with van der Waals surface area (Å²) >= 11 is 0. The molecule has 1 aromatic rings. The second-order valence-electron chi connectivity index (χ2n) is 4.65. The first-order valence-corrected chi connectivity index (χ1v) is 7.54. The smallest absolute Gasteiger partial charge is 0.275 e. The number of nitrogens with one attached hydrogen (secondary N) is 1. The Kier molecular flexibility index (Phi) is 5.37. The van der Waals surface area contributed by atoms with E-state index in [1.165, 1.54) is 20.2 Å². The van der Waals surface area contributed by atoms with Crippen molar-refractivity contribution in [3.8, 4) is 0 Å². The number of furan rings is 1. The van der Waals surface area contributed by atoms with Gasteiger partial charge in [-0.3, -0.25) is 0 Å². The van der Waals surface area contributed by atoms with Gasteiger partial charge in [0, 0.05) is 14.1 Å². The lowest BCUT2D eigenvalue weighted by Gasteiger charge is -2.09. The summed E-state index contributed by atoms with van der Waals surface area (Å²) in [7, 11) is -0.494. The van der Waals surface area contributed by atoms with E-state index in [-0.39, 0.29) is 5.09 Å². The minimum atomic E-state index is -3.46. The third kappa shape index (κ3) is 3.83. The average molecular weight is 274 g/mol. The molecule has 0 saturated carbocycles. The molecule has 0 aromatic carbocycles. The molecule has 0 saturated heterocycles. The van der Waals surface area contributed by atoms with Gasteiger partial charge in [-0.2, -0.15) is 0 Å². The van der Waals surface area contributed by atoms with Gasteiger partial charge in [-0.1, -0.05) is 20.3 Å². The maximum atomic E-state index is 11.8. The summed E-state index contributed by atoms with van der Waals surface area (Å²) in [4.78, 5) is 0. The number of hydrogen-bond donors (Lipinski definition) is 1. The predicted molar refractivity (Wildman–Crippen MR) is 70.7 cm³/mol. The molecule has 0 spiro atoms. The molecule has 0 aliphatic carbocycles. The van der Waals surface area contributed by atoms with Crippen molar-refractivity contribution >= 4 is 10.0 Å². The molecule has 104 valence electrons. The van der Waals surface area contributed by atoms with Crippen LogP contribution in [0, 0.1) is 5.92 Å². The van der Waals surface area contributed by atoms with Gasteiger partial charge in [-0.05, 0) is 24.6 Å². The lowest BCUT2D eigenvalue weighted by atomic mass is 10.1. The topological polar surface area (TPSA) is 62.6 Å². The fourth-order valence-corrected chi connectivity index (χ4v) is 2.17. The van der Waals surface area contributed by atoms with Crippen molar-refractivity contribution in [2.45, 2.75) is 31.9 Å². The first-order valence-electron chi connectivity index (χ1n) is 6.10. The van der Waals surface area contributed by atoms with Crippen LogP contribution >= 0.6 is 0 Å². The Morgan fingerprint density at radius 3 is 2.61 bits per heavy atom. The number of nitrogens with zero attached hydrogens (tertiary/aromatic N) is 1. The van der Waals surface area contributed by atoms with Gasteiger partial charge in [0.25, 0.3) is 10.0 Å². The lowest BCUT2D eigenvalue weighted by molar-refractivity contribution is 0.382. The van der Waals surface area contributed by atoms with Crippen LogP contribution in [0.2, 0.25) is 0 Å². The molecule has 0 radical (unpaired) electrons. The van der Waals surface area contributed by atoms with Gasteiger partial charge in [0.2, 0.25) is 5.09 Å². The van der Waals surface area contributed by atoms with Crippen LogP contribution in [0.25, 0.3) is 0 Å². The van der Waals surface area contributed by atoms with Crippen molar-refractivity contribution in [1.29, 1.82) is 0 Å². The SMILES string of the molecule is CCC(C)CNCc1ccc(S(=O)(=O)N(C)C)o1. The molecule has 18 heavy (non-hydrogen) atoms. The van der Waals surface area contributed by atoms with E-state index in [1.807, 2.05) is 0 Å². The van der Waals surface area contributed by atoms with E-state index >= 15 is 0 Å². The molecule has 5 nitrogen and oxygen atoms in total. The van der Waals surface area contributed by atoms with Gasteiger partial charge in [0.1, 0.15) is 5.76 Å². The number of hydrogen-bond acceptors (Lipinski definition) is 4. The molecule has 6 heteroatoms. The van der Waals surface area contributed by atoms with Gasteiger partial charge < -0.3 is 9.73 Å². The zero-order chi connectivity index (χ0) is 13.8. The third-order valence-electron chi connectivity index (χ3n) is 2.86. The molecule has 1 unspecified atom stereocenters. The normalized spacial score (nSPS) is 14.1. The van der Waals surface area contributed by atoms with E-state index < -0.39 is 10.0 Å². The Labute approximate surface area is 109 Å². The van der Waals surface area contributed by atoms with Crippen LogP contribution in [0.1, 0.15) is 26.0 Å². The van der Waals surface area contributed by atoms with Crippen molar-refractivity contribution in [3.05, 3.63) is 17.9 Å². The molecular formula is C12H22N2O3S. The van der Waals surface area contributed by atoms with Crippen LogP contribution in [-0.2, 0) is 16.6 Å². The van der Waals surface area contributed by atoms with Gasteiger partial charge in [-0.15, -0.1) is 0 Å². The van der Waals surface area contributed by atoms with Crippen molar-refractivity contribution in [2.24, 2.45) is 5.92 Å². The average Bonchev–Trinajstić information content (AvgIpc) is 2.77. The Bertz CT molecular complexity index is 465. The van der Waals surface area contributed by atoms with Gasteiger partial charge >= 0.3 is 0 Å². The van der Waals surface area contributed by atoms with Gasteiger partial charge in [0.15, 0.2) is 0 Å². The summed E-state index contributed by atoms with van der Waals surface area (Å²) in [6.07, 6.45) is 1.12. The van der Waals surface area contributed by atoms with Crippen LogP contribution in [-0.4, -0.2) is 33.4 Å². The first kappa shape index (κ1) is 15.2.